The van der Waals surface area contributed by atoms with Gasteiger partial charge in [-0.25, -0.2) is 0 Å². The van der Waals surface area contributed by atoms with Crippen LogP contribution >= 0.6 is 0 Å². The Morgan fingerprint density at radius 2 is 1.25 bits per heavy atom. The van der Waals surface area contributed by atoms with Gasteiger partial charge in [0, 0.05) is 6.54 Å². The van der Waals surface area contributed by atoms with Crippen molar-refractivity contribution in [2.75, 3.05) is 27.2 Å². The fourth-order valence-corrected chi connectivity index (χ4v) is 1.13. The van der Waals surface area contributed by atoms with Crippen molar-refractivity contribution in [3.8, 4) is 0 Å². The van der Waals surface area contributed by atoms with Crippen molar-refractivity contribution >= 4 is 0 Å². The molecular formula is C9H13F9N2. The summed E-state index contributed by atoms with van der Waals surface area (Å²) in [6.45, 7) is -0.695. The third kappa shape index (κ3) is 3.90. The van der Waals surface area contributed by atoms with Gasteiger partial charge in [0.25, 0.3) is 0 Å². The van der Waals surface area contributed by atoms with Gasteiger partial charge >= 0.3 is 24.1 Å². The quantitative estimate of drug-likeness (QED) is 0.441. The van der Waals surface area contributed by atoms with Crippen LogP contribution in [0, 0.1) is 0 Å². The molecule has 0 aliphatic heterocycles. The van der Waals surface area contributed by atoms with E-state index in [2.05, 4.69) is 0 Å². The zero-order valence-electron chi connectivity index (χ0n) is 10.5. The molecule has 0 rings (SSSR count). The highest BCUT2D eigenvalue weighted by molar-refractivity contribution is 4.99. The summed E-state index contributed by atoms with van der Waals surface area (Å²) in [6, 6.07) is -5.70. The number of rotatable bonds is 7. The number of nitrogens with zero attached hydrogens (tertiary/aromatic N) is 1. The Balaban J connectivity index is 4.89. The topological polar surface area (TPSA) is 15.3 Å². The number of hydrogen-bond acceptors (Lipinski definition) is 2. The first kappa shape index (κ1) is 19.3. The minimum Gasteiger partial charge on any atom is -0.309 e. The van der Waals surface area contributed by atoms with Gasteiger partial charge in [0.15, 0.2) is 0 Å². The van der Waals surface area contributed by atoms with Crippen LogP contribution in [0.5, 0.6) is 0 Å². The highest BCUT2D eigenvalue weighted by Crippen LogP contribution is 2.52. The van der Waals surface area contributed by atoms with Crippen molar-refractivity contribution in [2.45, 2.75) is 30.5 Å². The molecule has 0 amide bonds. The van der Waals surface area contributed by atoms with Crippen LogP contribution in [0.25, 0.3) is 0 Å². The van der Waals surface area contributed by atoms with E-state index in [9.17, 15) is 39.5 Å². The third-order valence-corrected chi connectivity index (χ3v) is 2.27. The lowest BCUT2D eigenvalue weighted by molar-refractivity contribution is -0.400. The van der Waals surface area contributed by atoms with Gasteiger partial charge < -0.3 is 4.90 Å². The van der Waals surface area contributed by atoms with Crippen molar-refractivity contribution in [3.05, 3.63) is 0 Å². The summed E-state index contributed by atoms with van der Waals surface area (Å²) < 4.78 is 111. The summed E-state index contributed by atoms with van der Waals surface area (Å²) in [5.41, 5.74) is 0. The molecule has 0 heterocycles. The van der Waals surface area contributed by atoms with Crippen LogP contribution in [0.4, 0.5) is 39.5 Å². The van der Waals surface area contributed by atoms with Crippen molar-refractivity contribution < 1.29 is 39.5 Å². The fourth-order valence-electron chi connectivity index (χ4n) is 1.13. The number of hydrogen-bond donors (Lipinski definition) is 1. The molecule has 0 radical (unpaired) electrons. The van der Waals surface area contributed by atoms with E-state index in [1.807, 2.05) is 0 Å². The van der Waals surface area contributed by atoms with Crippen LogP contribution in [-0.4, -0.2) is 56.2 Å². The van der Waals surface area contributed by atoms with Gasteiger partial charge in [0.05, 0.1) is 0 Å². The van der Waals surface area contributed by atoms with Gasteiger partial charge in [-0.3, -0.25) is 5.32 Å². The zero-order valence-corrected chi connectivity index (χ0v) is 10.5. The summed E-state index contributed by atoms with van der Waals surface area (Å²) in [7, 11) is 3.06. The maximum absolute atomic E-state index is 12.9. The number of nitrogens with one attached hydrogen (secondary N) is 1. The van der Waals surface area contributed by atoms with Gasteiger partial charge in [0.2, 0.25) is 0 Å². The van der Waals surface area contributed by atoms with Crippen LogP contribution in [-0.2, 0) is 0 Å². The molecule has 0 fully saturated rings. The molecule has 0 spiro atoms. The molecular weight excluding hydrogens is 307 g/mol. The van der Waals surface area contributed by atoms with Crippen molar-refractivity contribution in [3.63, 3.8) is 0 Å². The lowest BCUT2D eigenvalue weighted by Gasteiger charge is -2.33. The summed E-state index contributed by atoms with van der Waals surface area (Å²) in [5.74, 6) is -13.4. The van der Waals surface area contributed by atoms with Crippen LogP contribution in [0.2, 0.25) is 0 Å². The highest BCUT2D eigenvalue weighted by Gasteiger charge is 2.81. The monoisotopic (exact) mass is 320 g/mol. The van der Waals surface area contributed by atoms with E-state index >= 15 is 0 Å². The Kier molecular flexibility index (Phi) is 5.75. The first-order valence-electron chi connectivity index (χ1n) is 5.27. The second-order valence-electron chi connectivity index (χ2n) is 4.30. The van der Waals surface area contributed by atoms with Gasteiger partial charge in [-0.05, 0) is 27.1 Å². The molecule has 0 aliphatic rings. The maximum atomic E-state index is 12.9. The van der Waals surface area contributed by atoms with Crippen molar-refractivity contribution in [1.82, 2.24) is 10.2 Å². The highest BCUT2D eigenvalue weighted by atomic mass is 19.4. The smallest absolute Gasteiger partial charge is 0.309 e. The Labute approximate surface area is 108 Å². The molecule has 2 nitrogen and oxygen atoms in total. The standard InChI is InChI=1S/C9H13F9N2/c1-20(2)5-3-4-19-9(17,18)7(12,13)6(10,11)8(14,15)16/h19H,3-5H2,1-2H3. The molecule has 122 valence electrons. The van der Waals surface area contributed by atoms with Crippen LogP contribution in [0.15, 0.2) is 0 Å². The van der Waals surface area contributed by atoms with E-state index in [4.69, 9.17) is 0 Å². The molecule has 20 heavy (non-hydrogen) atoms. The van der Waals surface area contributed by atoms with E-state index in [1.54, 1.807) is 0 Å². The third-order valence-electron chi connectivity index (χ3n) is 2.27. The predicted molar refractivity (Wildman–Crippen MR) is 52.1 cm³/mol. The second-order valence-corrected chi connectivity index (χ2v) is 4.30. The molecule has 0 bridgehead atoms. The minimum absolute atomic E-state index is 0.143. The zero-order chi connectivity index (χ0) is 16.4. The number of alkyl halides is 9. The van der Waals surface area contributed by atoms with E-state index in [0.717, 1.165) is 5.32 Å². The fraction of sp³-hybridized carbons (Fsp3) is 1.00. The summed E-state index contributed by atoms with van der Waals surface area (Å²) in [4.78, 5) is 1.49. The van der Waals surface area contributed by atoms with Crippen molar-refractivity contribution in [2.24, 2.45) is 0 Å². The van der Waals surface area contributed by atoms with E-state index < -0.39 is 30.6 Å². The molecule has 0 atom stereocenters. The first-order valence-corrected chi connectivity index (χ1v) is 5.27. The Morgan fingerprint density at radius 3 is 1.60 bits per heavy atom. The van der Waals surface area contributed by atoms with Crippen molar-refractivity contribution in [1.29, 1.82) is 0 Å². The average molecular weight is 320 g/mol. The van der Waals surface area contributed by atoms with Gasteiger partial charge in [-0.1, -0.05) is 0 Å². The van der Waals surface area contributed by atoms with E-state index in [-0.39, 0.29) is 13.0 Å². The molecule has 0 saturated carbocycles. The first-order chi connectivity index (χ1) is 8.67. The van der Waals surface area contributed by atoms with Gasteiger partial charge in [0.1, 0.15) is 0 Å². The van der Waals surface area contributed by atoms with E-state index in [1.165, 1.54) is 19.0 Å². The minimum atomic E-state index is -6.85. The Bertz CT molecular complexity index is 311. The molecule has 0 saturated heterocycles. The van der Waals surface area contributed by atoms with E-state index in [0.29, 0.717) is 0 Å². The SMILES string of the molecule is CN(C)CCCNC(F)(F)C(F)(F)C(F)(F)C(F)(F)F. The molecule has 0 aromatic carbocycles. The average Bonchev–Trinajstić information content (AvgIpc) is 2.22. The normalized spacial score (nSPS) is 15.0. The summed E-state index contributed by atoms with van der Waals surface area (Å²) >= 11 is 0. The Hall–Kier alpha value is -0.710. The van der Waals surface area contributed by atoms with Gasteiger partial charge in [-0.2, -0.15) is 39.5 Å². The predicted octanol–water partition coefficient (Wildman–Crippen LogP) is 2.95. The summed E-state index contributed by atoms with van der Waals surface area (Å²) in [6.07, 6.45) is -6.93. The maximum Gasteiger partial charge on any atom is 0.460 e. The summed E-state index contributed by atoms with van der Waals surface area (Å²) in [5, 5.41) is 0.743. The Morgan fingerprint density at radius 1 is 0.800 bits per heavy atom. The number of halogens is 9. The lowest BCUT2D eigenvalue weighted by Crippen LogP contribution is -2.65. The second kappa shape index (κ2) is 5.96. The molecule has 0 unspecified atom stereocenters. The molecule has 1 N–H and O–H groups in total. The van der Waals surface area contributed by atoms with Crippen LogP contribution in [0.3, 0.4) is 0 Å². The molecule has 0 aromatic rings. The molecule has 11 heteroatoms. The molecule has 0 aromatic heterocycles. The van der Waals surface area contributed by atoms with Crippen LogP contribution in [0.1, 0.15) is 6.42 Å². The van der Waals surface area contributed by atoms with Gasteiger partial charge in [-0.15, -0.1) is 0 Å². The molecule has 0 aliphatic carbocycles. The van der Waals surface area contributed by atoms with Crippen LogP contribution < -0.4 is 5.32 Å². The lowest BCUT2D eigenvalue weighted by atomic mass is 10.1. The largest absolute Gasteiger partial charge is 0.460 e.